The molecule has 3 rings (SSSR count). The van der Waals surface area contributed by atoms with Crippen molar-refractivity contribution < 1.29 is 14.2 Å². The van der Waals surface area contributed by atoms with Gasteiger partial charge in [-0.25, -0.2) is 0 Å². The lowest BCUT2D eigenvalue weighted by molar-refractivity contribution is -0.0334. The first-order valence-electron chi connectivity index (χ1n) is 15.3. The Morgan fingerprint density at radius 1 is 0.410 bits per heavy atom. The van der Waals surface area contributed by atoms with Gasteiger partial charge < -0.3 is 14.2 Å². The Labute approximate surface area is 237 Å². The van der Waals surface area contributed by atoms with E-state index in [0.29, 0.717) is 26.4 Å². The fourth-order valence-corrected chi connectivity index (χ4v) is 5.21. The predicted octanol–water partition coefficient (Wildman–Crippen LogP) is 9.34. The molecule has 3 heteroatoms. The summed E-state index contributed by atoms with van der Waals surface area (Å²) in [5, 5.41) is 0. The molecule has 0 unspecified atom stereocenters. The Balaban J connectivity index is 1.34. The second-order valence-electron chi connectivity index (χ2n) is 10.4. The number of hydrogen-bond donors (Lipinski definition) is 0. The molecule has 0 saturated heterocycles. The van der Waals surface area contributed by atoms with Crippen LogP contribution in [0.15, 0.2) is 91.0 Å². The molecule has 0 saturated carbocycles. The van der Waals surface area contributed by atoms with Crippen molar-refractivity contribution in [3.63, 3.8) is 0 Å². The summed E-state index contributed by atoms with van der Waals surface area (Å²) < 4.78 is 18.4. The van der Waals surface area contributed by atoms with E-state index in [9.17, 15) is 0 Å². The predicted molar refractivity (Wildman–Crippen MR) is 163 cm³/mol. The van der Waals surface area contributed by atoms with Crippen molar-refractivity contribution in [2.75, 3.05) is 33.0 Å². The third kappa shape index (κ3) is 10.9. The number of hydrogen-bond acceptors (Lipinski definition) is 3. The number of ether oxygens (including phenoxy) is 3. The molecule has 0 amide bonds. The van der Waals surface area contributed by atoms with Gasteiger partial charge in [0, 0.05) is 6.61 Å². The van der Waals surface area contributed by atoms with E-state index in [-0.39, 0.29) is 0 Å². The van der Waals surface area contributed by atoms with Crippen molar-refractivity contribution in [1.82, 2.24) is 0 Å². The molecular weight excluding hydrogens is 480 g/mol. The number of unbranched alkanes of at least 4 members (excludes halogenated alkanes) is 10. The van der Waals surface area contributed by atoms with Crippen molar-refractivity contribution in [2.45, 2.75) is 83.2 Å². The van der Waals surface area contributed by atoms with Crippen LogP contribution in [-0.2, 0) is 19.8 Å². The van der Waals surface area contributed by atoms with Crippen molar-refractivity contribution in [1.29, 1.82) is 0 Å². The van der Waals surface area contributed by atoms with Gasteiger partial charge in [0.15, 0.2) is 0 Å². The first-order valence-corrected chi connectivity index (χ1v) is 15.3. The van der Waals surface area contributed by atoms with Crippen LogP contribution in [0.3, 0.4) is 0 Å². The van der Waals surface area contributed by atoms with Gasteiger partial charge in [0.05, 0.1) is 26.4 Å². The fraction of sp³-hybridized carbons (Fsp3) is 0.500. The van der Waals surface area contributed by atoms with Gasteiger partial charge >= 0.3 is 0 Å². The summed E-state index contributed by atoms with van der Waals surface area (Å²) in [7, 11) is 0. The lowest BCUT2D eigenvalue weighted by Gasteiger charge is -2.36. The Kier molecular flexibility index (Phi) is 15.6. The van der Waals surface area contributed by atoms with Crippen molar-refractivity contribution in [3.05, 3.63) is 108 Å². The number of benzene rings is 3. The van der Waals surface area contributed by atoms with Crippen LogP contribution in [0.2, 0.25) is 0 Å². The molecule has 0 aliphatic rings. The van der Waals surface area contributed by atoms with Crippen LogP contribution < -0.4 is 0 Å². The Bertz CT molecular complexity index is 862. The molecule has 0 aliphatic heterocycles. The van der Waals surface area contributed by atoms with Crippen molar-refractivity contribution in [3.8, 4) is 0 Å². The van der Waals surface area contributed by atoms with Crippen LogP contribution in [0.5, 0.6) is 0 Å². The van der Waals surface area contributed by atoms with Gasteiger partial charge in [-0.1, -0.05) is 162 Å². The summed E-state index contributed by atoms with van der Waals surface area (Å²) in [4.78, 5) is 0. The molecule has 0 aromatic heterocycles. The molecule has 212 valence electrons. The van der Waals surface area contributed by atoms with Gasteiger partial charge in [-0.3, -0.25) is 0 Å². The van der Waals surface area contributed by atoms with Gasteiger partial charge in [0.1, 0.15) is 5.60 Å². The molecular formula is C36H50O3. The van der Waals surface area contributed by atoms with E-state index in [0.717, 1.165) is 29.7 Å². The molecule has 39 heavy (non-hydrogen) atoms. The summed E-state index contributed by atoms with van der Waals surface area (Å²) in [5.41, 5.74) is 2.63. The molecule has 3 nitrogen and oxygen atoms in total. The first-order chi connectivity index (χ1) is 19.4. The average Bonchev–Trinajstić information content (AvgIpc) is 3.00. The van der Waals surface area contributed by atoms with Crippen LogP contribution in [0.1, 0.15) is 94.2 Å². The monoisotopic (exact) mass is 530 g/mol. The van der Waals surface area contributed by atoms with E-state index in [2.05, 4.69) is 79.7 Å². The molecule has 0 bridgehead atoms. The molecule has 0 fully saturated rings. The van der Waals surface area contributed by atoms with Crippen LogP contribution in [0, 0.1) is 0 Å². The topological polar surface area (TPSA) is 27.7 Å². The van der Waals surface area contributed by atoms with E-state index >= 15 is 0 Å². The number of rotatable bonds is 22. The zero-order valence-electron chi connectivity index (χ0n) is 24.2. The molecule has 0 spiro atoms. The Morgan fingerprint density at radius 2 is 0.769 bits per heavy atom. The highest BCUT2D eigenvalue weighted by atomic mass is 16.5. The maximum absolute atomic E-state index is 6.75. The maximum Gasteiger partial charge on any atom is 0.143 e. The molecule has 0 N–H and O–H groups in total. The molecule has 3 aromatic rings. The zero-order chi connectivity index (χ0) is 27.3. The highest BCUT2D eigenvalue weighted by Gasteiger charge is 2.37. The van der Waals surface area contributed by atoms with Gasteiger partial charge in [-0.2, -0.15) is 0 Å². The van der Waals surface area contributed by atoms with E-state index in [4.69, 9.17) is 14.2 Å². The standard InChI is InChI=1S/C36H50O3/c1-2-3-4-5-6-7-8-9-10-11-21-28-37-29-30-38-31-32-39-36(33-22-15-12-16-23-33,34-24-17-13-18-25-34)35-26-19-14-20-27-35/h12-20,22-27H,2-11,21,28-32H2,1H3. The second-order valence-corrected chi connectivity index (χ2v) is 10.4. The van der Waals surface area contributed by atoms with Gasteiger partial charge in [0.2, 0.25) is 0 Å². The smallest absolute Gasteiger partial charge is 0.143 e. The largest absolute Gasteiger partial charge is 0.379 e. The zero-order valence-corrected chi connectivity index (χ0v) is 24.2. The van der Waals surface area contributed by atoms with Gasteiger partial charge in [-0.05, 0) is 23.1 Å². The SMILES string of the molecule is CCCCCCCCCCCCCOCCOCCOC(c1ccccc1)(c1ccccc1)c1ccccc1. The lowest BCUT2D eigenvalue weighted by Crippen LogP contribution is -2.34. The van der Waals surface area contributed by atoms with Crippen LogP contribution >= 0.6 is 0 Å². The van der Waals surface area contributed by atoms with Gasteiger partial charge in [-0.15, -0.1) is 0 Å². The molecule has 0 heterocycles. The average molecular weight is 531 g/mol. The Morgan fingerprint density at radius 3 is 1.21 bits per heavy atom. The molecule has 0 aliphatic carbocycles. The molecule has 3 aromatic carbocycles. The summed E-state index contributed by atoms with van der Waals surface area (Å²) >= 11 is 0. The second kappa shape index (κ2) is 19.6. The van der Waals surface area contributed by atoms with E-state index in [1.54, 1.807) is 0 Å². The van der Waals surface area contributed by atoms with E-state index < -0.39 is 5.60 Å². The third-order valence-electron chi connectivity index (χ3n) is 7.35. The highest BCUT2D eigenvalue weighted by Crippen LogP contribution is 2.40. The van der Waals surface area contributed by atoms with Crippen LogP contribution in [0.4, 0.5) is 0 Å². The summed E-state index contributed by atoms with van der Waals surface area (Å²) in [6.45, 7) is 5.35. The van der Waals surface area contributed by atoms with Crippen LogP contribution in [-0.4, -0.2) is 33.0 Å². The Hall–Kier alpha value is -2.46. The molecule has 0 atom stereocenters. The quantitative estimate of drug-likeness (QED) is 0.0956. The fourth-order valence-electron chi connectivity index (χ4n) is 5.21. The van der Waals surface area contributed by atoms with E-state index in [1.165, 1.54) is 64.2 Å². The maximum atomic E-state index is 6.75. The minimum Gasteiger partial charge on any atom is -0.379 e. The normalized spacial score (nSPS) is 11.6. The highest BCUT2D eigenvalue weighted by molar-refractivity contribution is 5.47. The summed E-state index contributed by atoms with van der Waals surface area (Å²) in [6, 6.07) is 31.4. The summed E-state index contributed by atoms with van der Waals surface area (Å²) in [6.07, 6.45) is 14.9. The van der Waals surface area contributed by atoms with Gasteiger partial charge in [0.25, 0.3) is 0 Å². The van der Waals surface area contributed by atoms with E-state index in [1.807, 2.05) is 18.2 Å². The van der Waals surface area contributed by atoms with Crippen LogP contribution in [0.25, 0.3) is 0 Å². The van der Waals surface area contributed by atoms with Crippen molar-refractivity contribution in [2.24, 2.45) is 0 Å². The first kappa shape index (κ1) is 31.1. The molecule has 0 radical (unpaired) electrons. The minimum absolute atomic E-state index is 0.483. The minimum atomic E-state index is -0.696. The summed E-state index contributed by atoms with van der Waals surface area (Å²) in [5.74, 6) is 0. The lowest BCUT2D eigenvalue weighted by atomic mass is 9.80. The third-order valence-corrected chi connectivity index (χ3v) is 7.35. The van der Waals surface area contributed by atoms with Crippen molar-refractivity contribution >= 4 is 0 Å².